The summed E-state index contributed by atoms with van der Waals surface area (Å²) in [4.78, 5) is 240. The SMILES string of the molecule is CC[C@H](C)[C@H](NC(=O)[C@H](CCCNC(=N)N)NC(=O)[C@@H](N)CCCNC(=N)N)C(=O)N[C@@H](CCCNC(=N)N)C(=O)N1CCC[C@H]1C(=O)N[C@@H](CCCNC(=N)N)C(=O)N1CCC[C@H]1C(=O)N1CCC[C@H]1C(=O)N[C@@H](CCCNC(=N)N)C(=O)N[C@@H](CC(C)C)C(=O)N1CCC[C@H]1C(=O)N[C@@H](CCCNC(=N)N)C(=O)N1CCC[C@H]1C(=O)N[C@@H](CCCNC(=N)N)C(=O)N[C@@H](CO)C(=O)N[C@@H](CCCNC(=N)N)C(=O)O. The van der Waals surface area contributed by atoms with E-state index in [0.717, 1.165) is 0 Å². The van der Waals surface area contributed by atoms with Gasteiger partial charge in [-0.2, -0.15) is 0 Å². The lowest BCUT2D eigenvalue weighted by molar-refractivity contribution is -0.148. The average molecular weight is 2070 g/mol. The van der Waals surface area contributed by atoms with Crippen molar-refractivity contribution in [2.75, 3.05) is 91.7 Å². The van der Waals surface area contributed by atoms with Gasteiger partial charge in [0.2, 0.25) is 88.6 Å². The minimum absolute atomic E-state index is 0.00287. The molecule has 58 heteroatoms. The van der Waals surface area contributed by atoms with Crippen molar-refractivity contribution in [2.45, 2.75) is 304 Å². The van der Waals surface area contributed by atoms with Crippen molar-refractivity contribution in [1.82, 2.24) is 120 Å². The van der Waals surface area contributed by atoms with Gasteiger partial charge in [0.05, 0.1) is 12.6 Å². The Hall–Kier alpha value is -14.4. The maximum atomic E-state index is 15.3. The summed E-state index contributed by atoms with van der Waals surface area (Å²) in [5.41, 5.74) is 50.4. The number of carbonyl (C=O) groups is 16. The summed E-state index contributed by atoms with van der Waals surface area (Å²) in [5.74, 6) is -17.1. The van der Waals surface area contributed by atoms with Crippen LogP contribution >= 0.6 is 0 Å². The number of amides is 15. The van der Waals surface area contributed by atoms with E-state index < -0.39 is 222 Å². The number of nitrogens with zero attached hydrogens (tertiary/aromatic N) is 5. The molecule has 17 atom stereocenters. The number of aliphatic hydroxyl groups excluding tert-OH is 1. The summed E-state index contributed by atoms with van der Waals surface area (Å²) in [6.45, 7) is 6.72. The molecule has 5 heterocycles. The highest BCUT2D eigenvalue weighted by atomic mass is 16.4. The van der Waals surface area contributed by atoms with Gasteiger partial charge in [-0.3, -0.25) is 115 Å². The van der Waals surface area contributed by atoms with Crippen LogP contribution in [0, 0.1) is 55.1 Å². The van der Waals surface area contributed by atoms with E-state index in [-0.39, 0.29) is 275 Å². The van der Waals surface area contributed by atoms with Crippen molar-refractivity contribution in [2.24, 2.45) is 63.4 Å². The number of carboxylic acids is 1. The highest BCUT2D eigenvalue weighted by molar-refractivity contribution is 6.02. The summed E-state index contributed by atoms with van der Waals surface area (Å²) >= 11 is 0. The summed E-state index contributed by atoms with van der Waals surface area (Å²) < 4.78 is 0. The molecule has 0 spiro atoms. The second-order valence-electron chi connectivity index (χ2n) is 37.5. The lowest BCUT2D eigenvalue weighted by atomic mass is 9.96. The van der Waals surface area contributed by atoms with E-state index in [1.54, 1.807) is 27.7 Å². The van der Waals surface area contributed by atoms with E-state index in [0.29, 0.717) is 25.7 Å². The van der Waals surface area contributed by atoms with Gasteiger partial charge in [0.25, 0.3) is 0 Å². The van der Waals surface area contributed by atoms with E-state index in [1.165, 1.54) is 24.5 Å². The Bertz CT molecular complexity index is 4510. The van der Waals surface area contributed by atoms with Gasteiger partial charge in [-0.25, -0.2) is 4.79 Å². The zero-order valence-electron chi connectivity index (χ0n) is 83.9. The molecule has 0 saturated carbocycles. The first-order valence-corrected chi connectivity index (χ1v) is 50.0. The molecule has 0 aromatic heterocycles. The predicted molar refractivity (Wildman–Crippen MR) is 538 cm³/mol. The van der Waals surface area contributed by atoms with Crippen LogP contribution in [-0.2, 0) is 76.7 Å². The van der Waals surface area contributed by atoms with Crippen LogP contribution in [0.15, 0.2) is 0 Å². The summed E-state index contributed by atoms with van der Waals surface area (Å²) in [7, 11) is 0. The summed E-state index contributed by atoms with van der Waals surface area (Å²) in [6.07, 6.45) is 2.75. The van der Waals surface area contributed by atoms with Gasteiger partial charge >= 0.3 is 5.97 Å². The number of rotatable bonds is 63. The Morgan fingerprint density at radius 3 is 0.863 bits per heavy atom. The maximum absolute atomic E-state index is 15.3. The van der Waals surface area contributed by atoms with Gasteiger partial charge in [-0.1, -0.05) is 34.1 Å². The minimum atomic E-state index is -1.74. The van der Waals surface area contributed by atoms with Gasteiger partial charge in [-0.05, 0) is 185 Å². The molecule has 146 heavy (non-hydrogen) atoms. The molecular formula is C88H160N40O18. The minimum Gasteiger partial charge on any atom is -0.480 e. The number of nitrogens with two attached hydrogens (primary N) is 9. The monoisotopic (exact) mass is 2070 g/mol. The number of carbonyl (C=O) groups excluding carboxylic acids is 15. The second-order valence-corrected chi connectivity index (χ2v) is 37.5. The van der Waals surface area contributed by atoms with Crippen LogP contribution in [0.2, 0.25) is 0 Å². The molecule has 5 aliphatic rings. The number of carboxylic acid groups (broad SMARTS) is 1. The van der Waals surface area contributed by atoms with Crippen LogP contribution in [0.1, 0.15) is 207 Å². The van der Waals surface area contributed by atoms with Gasteiger partial charge in [0.15, 0.2) is 47.7 Å². The predicted octanol–water partition coefficient (Wildman–Crippen LogP) is -10.6. The van der Waals surface area contributed by atoms with E-state index in [2.05, 4.69) is 95.7 Å². The van der Waals surface area contributed by atoms with Crippen molar-refractivity contribution in [3.8, 4) is 0 Å². The van der Waals surface area contributed by atoms with E-state index >= 15 is 38.4 Å². The molecule has 5 aliphatic heterocycles. The number of aliphatic hydroxyl groups is 1. The number of likely N-dealkylation sites (tertiary alicyclic amines) is 5. The molecule has 0 aliphatic carbocycles. The van der Waals surface area contributed by atoms with Crippen molar-refractivity contribution < 1.29 is 86.9 Å². The highest BCUT2D eigenvalue weighted by Gasteiger charge is 2.49. The smallest absolute Gasteiger partial charge is 0.326 e. The van der Waals surface area contributed by atoms with E-state index in [4.69, 9.17) is 94.9 Å². The first-order valence-electron chi connectivity index (χ1n) is 50.0. The Kier molecular flexibility index (Phi) is 52.7. The van der Waals surface area contributed by atoms with Crippen molar-refractivity contribution in [1.29, 1.82) is 43.3 Å². The maximum Gasteiger partial charge on any atom is 0.326 e. The van der Waals surface area contributed by atoms with Gasteiger partial charge in [0.1, 0.15) is 90.6 Å². The third-order valence-corrected chi connectivity index (χ3v) is 25.7. The van der Waals surface area contributed by atoms with Crippen molar-refractivity contribution in [3.05, 3.63) is 0 Å². The van der Waals surface area contributed by atoms with Gasteiger partial charge in [0, 0.05) is 85.1 Å². The number of aliphatic carboxylic acids is 1. The first kappa shape index (κ1) is 122. The number of nitrogens with one attached hydrogen (secondary N) is 26. The Balaban J connectivity index is 1.37. The number of hydrogen-bond donors (Lipinski definition) is 37. The lowest BCUT2D eigenvalue weighted by Gasteiger charge is -2.34. The molecule has 5 fully saturated rings. The molecule has 58 nitrogen and oxygen atoms in total. The number of hydrogen-bond acceptors (Lipinski definition) is 26. The molecule has 5 saturated heterocycles. The number of guanidine groups is 8. The zero-order valence-corrected chi connectivity index (χ0v) is 83.9. The van der Waals surface area contributed by atoms with Crippen LogP contribution in [0.3, 0.4) is 0 Å². The molecule has 46 N–H and O–H groups in total. The topological polar surface area (TPSA) is 971 Å². The normalized spacial score (nSPS) is 18.8. The molecule has 0 radical (unpaired) electrons. The fourth-order valence-electron chi connectivity index (χ4n) is 18.0. The van der Waals surface area contributed by atoms with Crippen LogP contribution < -0.4 is 147 Å². The average Bonchev–Trinajstić information content (AvgIpc) is 1.64. The van der Waals surface area contributed by atoms with Gasteiger partial charge in [-0.15, -0.1) is 0 Å². The zero-order chi connectivity index (χ0) is 109. The molecule has 820 valence electrons. The van der Waals surface area contributed by atoms with Crippen molar-refractivity contribution >= 4 is 142 Å². The largest absolute Gasteiger partial charge is 0.480 e. The molecule has 5 rings (SSSR count). The summed E-state index contributed by atoms with van der Waals surface area (Å²) in [6, 6.07) is -21.6. The van der Waals surface area contributed by atoms with E-state index in [9.17, 15) is 48.6 Å². The van der Waals surface area contributed by atoms with Crippen LogP contribution in [0.5, 0.6) is 0 Å². The molecule has 15 amide bonds. The first-order chi connectivity index (χ1) is 69.2. The Labute approximate surface area is 848 Å². The van der Waals surface area contributed by atoms with Crippen LogP contribution in [0.25, 0.3) is 0 Å². The van der Waals surface area contributed by atoms with E-state index in [1.807, 2.05) is 0 Å². The lowest BCUT2D eigenvalue weighted by Crippen LogP contribution is -2.61. The third-order valence-electron chi connectivity index (χ3n) is 25.7. The molecular weight excluding hydrogens is 1910 g/mol. The standard InChI is InChI=1S/C88H160N40O18/c1-5-48(4)64(123-68(133)52(22-9-35-109-84(96)97)114-65(130)49(89)19-6-32-106-81(90)91)74(139)119-55(25-12-38-112-87(102)103)76(141)125-41-15-28-60(125)72(137)118-54(24-11-37-111-86(100)101)77(142)128-44-18-31-63(128)79(144)127-43-17-30-62(127)71(136)115-50(20-7-33-107-82(92)93)66(131)121-57(45-47(2)3)78(143)126-42-16-29-61(126)73(138)117-53(23-10-36-110-85(98)99)75(140)124-40-14-27-59(124)70(135)116-51(21-8-34-108-83(94)95)67(132)122-58(46-129)69(134)120-56(80(145)146)26-13-39-113-88(104)105/h47-64,129H,5-46,89H2,1-4H3,(H,114,130)(H,115,136)(H,116,135)(H,117,138)(H,118,137)(H,119,139)(H,120,134)(H,121,131)(H,122,132)(H,123,133)(H,145,146)(H4,90,91,106)(H4,92,93,107)(H4,94,95,108)(H4,96,97,109)(H4,98,99,110)(H4,100,101,111)(H4,102,103,112)(H4,104,105,113)/t48-,49-,50-,51-,52-,53-,54-,55-,56-,57-,58-,59-,60-,61-,62-,63-,64-/m0/s1. The van der Waals surface area contributed by atoms with Crippen molar-refractivity contribution in [3.63, 3.8) is 0 Å². The molecule has 0 bridgehead atoms. The molecule has 0 unspecified atom stereocenters. The Morgan fingerprint density at radius 1 is 0.301 bits per heavy atom. The van der Waals surface area contributed by atoms with Crippen LogP contribution in [-0.4, -0.2) is 365 Å². The highest BCUT2D eigenvalue weighted by Crippen LogP contribution is 2.30. The quantitative estimate of drug-likeness (QED) is 0.0153. The fourth-order valence-corrected chi connectivity index (χ4v) is 18.0. The fraction of sp³-hybridized carbons (Fsp3) is 0.727. The second kappa shape index (κ2) is 63.0. The molecule has 0 aromatic carbocycles. The van der Waals surface area contributed by atoms with Crippen LogP contribution in [0.4, 0.5) is 0 Å². The Morgan fingerprint density at radius 2 is 0.541 bits per heavy atom. The summed E-state index contributed by atoms with van der Waals surface area (Å²) in [5, 5.41) is 129. The van der Waals surface area contributed by atoms with Gasteiger partial charge < -0.3 is 182 Å². The molecule has 0 aromatic rings. The third kappa shape index (κ3) is 41.4.